The van der Waals surface area contributed by atoms with Crippen molar-refractivity contribution in [2.45, 2.75) is 25.3 Å². The fourth-order valence-corrected chi connectivity index (χ4v) is 3.05. The Labute approximate surface area is 161 Å². The Morgan fingerprint density at radius 2 is 2.11 bits per heavy atom. The molecule has 0 bridgehead atoms. The Bertz CT molecular complexity index is 568. The van der Waals surface area contributed by atoms with Crippen molar-refractivity contribution >= 4 is 11.9 Å². The molecule has 2 N–H and O–H groups in total. The highest BCUT2D eigenvalue weighted by atomic mass is 16.5. The zero-order chi connectivity index (χ0) is 19.5. The smallest absolute Gasteiger partial charge is 0.243 e. The number of hydrogen-bond acceptors (Lipinski definition) is 5. The minimum Gasteiger partial charge on any atom is -0.468 e. The van der Waals surface area contributed by atoms with Crippen molar-refractivity contribution in [3.63, 3.8) is 0 Å². The summed E-state index contributed by atoms with van der Waals surface area (Å²) in [6.45, 7) is 4.07. The van der Waals surface area contributed by atoms with Crippen molar-refractivity contribution in [3.8, 4) is 0 Å². The molecule has 2 rings (SSSR count). The Morgan fingerprint density at radius 3 is 2.74 bits per heavy atom. The number of furan rings is 1. The lowest BCUT2D eigenvalue weighted by atomic mass is 10.1. The zero-order valence-electron chi connectivity index (χ0n) is 16.7. The van der Waals surface area contributed by atoms with E-state index in [9.17, 15) is 4.79 Å². The maximum atomic E-state index is 11.9. The number of hydrogen-bond donors (Lipinski definition) is 2. The average molecular weight is 380 g/mol. The number of carbonyl (C=O) groups excluding carboxylic acids is 1. The van der Waals surface area contributed by atoms with E-state index in [1.165, 1.54) is 24.2 Å². The van der Waals surface area contributed by atoms with E-state index < -0.39 is 0 Å². The third-order valence-electron chi connectivity index (χ3n) is 4.64. The van der Waals surface area contributed by atoms with Crippen LogP contribution in [0.1, 0.15) is 31.1 Å². The second-order valence-corrected chi connectivity index (χ2v) is 6.88. The number of methoxy groups -OCH3 is 1. The van der Waals surface area contributed by atoms with Gasteiger partial charge in [0.2, 0.25) is 5.91 Å². The van der Waals surface area contributed by atoms with Gasteiger partial charge in [0.15, 0.2) is 5.96 Å². The topological polar surface area (TPSA) is 82.3 Å². The monoisotopic (exact) mass is 379 g/mol. The lowest BCUT2D eigenvalue weighted by Crippen LogP contribution is -2.45. The Hall–Kier alpha value is -2.06. The summed E-state index contributed by atoms with van der Waals surface area (Å²) in [7, 11) is 5.12. The second kappa shape index (κ2) is 11.6. The highest BCUT2D eigenvalue weighted by molar-refractivity contribution is 5.84. The maximum Gasteiger partial charge on any atom is 0.243 e. The Kier molecular flexibility index (Phi) is 9.13. The lowest BCUT2D eigenvalue weighted by molar-refractivity contribution is -0.127. The molecule has 0 aliphatic carbocycles. The first-order chi connectivity index (χ1) is 13.1. The largest absolute Gasteiger partial charge is 0.468 e. The van der Waals surface area contributed by atoms with Crippen molar-refractivity contribution in [3.05, 3.63) is 24.2 Å². The Morgan fingerprint density at radius 1 is 1.33 bits per heavy atom. The minimum absolute atomic E-state index is 0.0403. The van der Waals surface area contributed by atoms with Gasteiger partial charge in [-0.1, -0.05) is 6.42 Å². The van der Waals surface area contributed by atoms with Crippen LogP contribution >= 0.6 is 0 Å². The third-order valence-corrected chi connectivity index (χ3v) is 4.64. The molecule has 1 fully saturated rings. The number of rotatable bonds is 9. The van der Waals surface area contributed by atoms with Gasteiger partial charge in [-0.3, -0.25) is 9.69 Å². The summed E-state index contributed by atoms with van der Waals surface area (Å²) in [6.07, 6.45) is 5.42. The van der Waals surface area contributed by atoms with Crippen LogP contribution in [-0.2, 0) is 9.53 Å². The van der Waals surface area contributed by atoms with E-state index in [4.69, 9.17) is 9.15 Å². The summed E-state index contributed by atoms with van der Waals surface area (Å²) in [5, 5.41) is 6.58. The summed E-state index contributed by atoms with van der Waals surface area (Å²) in [4.78, 5) is 20.3. The first kappa shape index (κ1) is 21.2. The van der Waals surface area contributed by atoms with E-state index in [2.05, 4.69) is 20.5 Å². The van der Waals surface area contributed by atoms with Crippen LogP contribution in [0.3, 0.4) is 0 Å². The molecule has 0 radical (unpaired) electrons. The second-order valence-electron chi connectivity index (χ2n) is 6.88. The fourth-order valence-electron chi connectivity index (χ4n) is 3.05. The molecule has 8 heteroatoms. The first-order valence-electron chi connectivity index (χ1n) is 9.60. The van der Waals surface area contributed by atoms with Crippen molar-refractivity contribution < 1.29 is 13.9 Å². The summed E-state index contributed by atoms with van der Waals surface area (Å²) >= 11 is 0. The van der Waals surface area contributed by atoms with Crippen LogP contribution < -0.4 is 10.6 Å². The van der Waals surface area contributed by atoms with Crippen molar-refractivity contribution in [1.82, 2.24) is 20.4 Å². The predicted octanol–water partition coefficient (Wildman–Crippen LogP) is 1.08. The van der Waals surface area contributed by atoms with E-state index in [-0.39, 0.29) is 18.5 Å². The van der Waals surface area contributed by atoms with Gasteiger partial charge in [0, 0.05) is 34.3 Å². The van der Waals surface area contributed by atoms with Crippen LogP contribution in [0.15, 0.2) is 27.8 Å². The maximum absolute atomic E-state index is 11.9. The molecule has 1 aromatic heterocycles. The average Bonchev–Trinajstić information content (AvgIpc) is 3.20. The quantitative estimate of drug-likeness (QED) is 0.380. The van der Waals surface area contributed by atoms with Crippen LogP contribution in [0, 0.1) is 0 Å². The highest BCUT2D eigenvalue weighted by Gasteiger charge is 2.24. The van der Waals surface area contributed by atoms with Gasteiger partial charge in [0.25, 0.3) is 0 Å². The van der Waals surface area contributed by atoms with E-state index in [1.54, 1.807) is 27.5 Å². The number of piperidine rings is 1. The Balaban J connectivity index is 2.01. The number of ether oxygens (including phenoxy) is 1. The first-order valence-corrected chi connectivity index (χ1v) is 9.60. The van der Waals surface area contributed by atoms with Crippen LogP contribution in [0.2, 0.25) is 0 Å². The lowest BCUT2D eigenvalue weighted by Gasteiger charge is -2.33. The molecule has 1 aromatic rings. The van der Waals surface area contributed by atoms with Crippen LogP contribution in [0.25, 0.3) is 0 Å². The zero-order valence-corrected chi connectivity index (χ0v) is 16.7. The molecular formula is C19H33N5O3. The van der Waals surface area contributed by atoms with E-state index in [1.807, 2.05) is 12.1 Å². The van der Waals surface area contributed by atoms with Crippen LogP contribution in [-0.4, -0.2) is 82.2 Å². The summed E-state index contributed by atoms with van der Waals surface area (Å²) in [5.74, 6) is 1.52. The minimum atomic E-state index is -0.0403. The fraction of sp³-hybridized carbons (Fsp3) is 0.684. The predicted molar refractivity (Wildman–Crippen MR) is 106 cm³/mol. The summed E-state index contributed by atoms with van der Waals surface area (Å²) < 4.78 is 10.8. The van der Waals surface area contributed by atoms with Gasteiger partial charge < -0.3 is 24.7 Å². The molecule has 2 heterocycles. The SMILES string of the molecule is COCCNC(=NCC(=O)N(C)C)NCC(c1ccco1)N1CCCCC1. The molecule has 0 saturated carbocycles. The number of carbonyl (C=O) groups is 1. The number of likely N-dealkylation sites (N-methyl/N-ethyl adjacent to an activating group) is 1. The van der Waals surface area contributed by atoms with E-state index in [0.717, 1.165) is 18.8 Å². The van der Waals surface area contributed by atoms with Crippen molar-refractivity contribution in [2.24, 2.45) is 4.99 Å². The van der Waals surface area contributed by atoms with Gasteiger partial charge in [-0.25, -0.2) is 4.99 Å². The number of nitrogens with one attached hydrogen (secondary N) is 2. The van der Waals surface area contributed by atoms with E-state index >= 15 is 0 Å². The van der Waals surface area contributed by atoms with E-state index in [0.29, 0.717) is 25.7 Å². The molecule has 1 amide bonds. The van der Waals surface area contributed by atoms with Crippen LogP contribution in [0.5, 0.6) is 0 Å². The summed E-state index contributed by atoms with van der Waals surface area (Å²) in [5.41, 5.74) is 0. The molecule has 1 saturated heterocycles. The normalized spacial score (nSPS) is 16.8. The van der Waals surface area contributed by atoms with Crippen LogP contribution in [0.4, 0.5) is 0 Å². The molecule has 0 aromatic carbocycles. The molecule has 1 aliphatic heterocycles. The summed E-state index contributed by atoms with van der Waals surface area (Å²) in [6, 6.07) is 4.08. The number of guanidine groups is 1. The number of nitrogens with zero attached hydrogens (tertiary/aromatic N) is 3. The molecule has 8 nitrogen and oxygen atoms in total. The molecule has 1 unspecified atom stereocenters. The third kappa shape index (κ3) is 7.22. The molecule has 1 aliphatic rings. The van der Waals surface area contributed by atoms with Gasteiger partial charge in [-0.05, 0) is 38.1 Å². The van der Waals surface area contributed by atoms with Gasteiger partial charge in [-0.2, -0.15) is 0 Å². The standard InChI is InChI=1S/C19H33N5O3/c1-23(2)18(25)15-22-19(20-9-13-26-3)21-14-16(17-8-7-12-27-17)24-10-5-4-6-11-24/h7-8,12,16H,4-6,9-11,13-15H2,1-3H3,(H2,20,21,22). The van der Waals surface area contributed by atoms with Gasteiger partial charge in [0.05, 0.1) is 18.9 Å². The van der Waals surface area contributed by atoms with Gasteiger partial charge in [-0.15, -0.1) is 0 Å². The molecular weight excluding hydrogens is 346 g/mol. The van der Waals surface area contributed by atoms with Gasteiger partial charge in [0.1, 0.15) is 12.3 Å². The number of likely N-dealkylation sites (tertiary alicyclic amines) is 1. The highest BCUT2D eigenvalue weighted by Crippen LogP contribution is 2.24. The van der Waals surface area contributed by atoms with Crippen molar-refractivity contribution in [1.29, 1.82) is 0 Å². The number of amides is 1. The molecule has 1 atom stereocenters. The molecule has 152 valence electrons. The van der Waals surface area contributed by atoms with Crippen molar-refractivity contribution in [2.75, 3.05) is 60.5 Å². The molecule has 0 spiro atoms. The van der Waals surface area contributed by atoms with Gasteiger partial charge >= 0.3 is 0 Å². The number of aliphatic imine (C=N–C) groups is 1. The molecule has 27 heavy (non-hydrogen) atoms.